The molecular weight excluding hydrogens is 218 g/mol. The van der Waals surface area contributed by atoms with Crippen molar-refractivity contribution in [1.82, 2.24) is 4.90 Å². The summed E-state index contributed by atoms with van der Waals surface area (Å²) in [5, 5.41) is 19.3. The zero-order valence-corrected chi connectivity index (χ0v) is 10.5. The van der Waals surface area contributed by atoms with Crippen LogP contribution in [0.15, 0.2) is 18.2 Å². The largest absolute Gasteiger partial charge is 0.507 e. The second-order valence-corrected chi connectivity index (χ2v) is 4.06. The Morgan fingerprint density at radius 1 is 1.24 bits per heavy atom. The predicted octanol–water partition coefficient (Wildman–Crippen LogP) is 2.36. The zero-order valence-electron chi connectivity index (χ0n) is 10.5. The van der Waals surface area contributed by atoms with E-state index >= 15 is 0 Å². The first-order chi connectivity index (χ1) is 8.02. The van der Waals surface area contributed by atoms with Gasteiger partial charge in [-0.15, -0.1) is 0 Å². The molecule has 17 heavy (non-hydrogen) atoms. The average molecular weight is 237 g/mol. The molecule has 0 aromatic heterocycles. The molecule has 0 aliphatic rings. The highest BCUT2D eigenvalue weighted by Gasteiger charge is 2.23. The highest BCUT2D eigenvalue weighted by molar-refractivity contribution is 5.99. The van der Waals surface area contributed by atoms with Crippen LogP contribution in [-0.2, 0) is 0 Å². The minimum atomic E-state index is -0.352. The summed E-state index contributed by atoms with van der Waals surface area (Å²) < 4.78 is 0. The van der Waals surface area contributed by atoms with Gasteiger partial charge in [0.25, 0.3) is 5.91 Å². The van der Waals surface area contributed by atoms with Gasteiger partial charge < -0.3 is 15.1 Å². The standard InChI is InChI=1S/C13H19NO3/c1-4-9(5-2)14(3)13(17)12-10(15)7-6-8-11(12)16/h6-9,15-16H,4-5H2,1-3H3. The Hall–Kier alpha value is -1.71. The first-order valence-electron chi connectivity index (χ1n) is 5.81. The number of nitrogens with zero attached hydrogens (tertiary/aromatic N) is 1. The lowest BCUT2D eigenvalue weighted by molar-refractivity contribution is 0.0717. The quantitative estimate of drug-likeness (QED) is 0.845. The normalized spacial score (nSPS) is 10.6. The van der Waals surface area contributed by atoms with E-state index in [1.807, 2.05) is 13.8 Å². The molecule has 0 bridgehead atoms. The fourth-order valence-electron chi connectivity index (χ4n) is 1.93. The molecule has 4 heteroatoms. The van der Waals surface area contributed by atoms with Crippen LogP contribution >= 0.6 is 0 Å². The van der Waals surface area contributed by atoms with Crippen LogP contribution in [0.3, 0.4) is 0 Å². The van der Waals surface area contributed by atoms with Gasteiger partial charge in [-0.05, 0) is 25.0 Å². The molecule has 0 fully saturated rings. The van der Waals surface area contributed by atoms with Crippen molar-refractivity contribution in [2.45, 2.75) is 32.7 Å². The molecule has 0 aliphatic heterocycles. The molecule has 0 atom stereocenters. The van der Waals surface area contributed by atoms with Crippen molar-refractivity contribution in [1.29, 1.82) is 0 Å². The van der Waals surface area contributed by atoms with Crippen LogP contribution in [0.1, 0.15) is 37.0 Å². The molecule has 1 aromatic carbocycles. The van der Waals surface area contributed by atoms with Crippen LogP contribution in [0.25, 0.3) is 0 Å². The van der Waals surface area contributed by atoms with Gasteiger partial charge in [0.05, 0.1) is 0 Å². The molecule has 4 nitrogen and oxygen atoms in total. The van der Waals surface area contributed by atoms with Crippen LogP contribution in [0.4, 0.5) is 0 Å². The van der Waals surface area contributed by atoms with Gasteiger partial charge in [0.2, 0.25) is 0 Å². The van der Waals surface area contributed by atoms with Crippen molar-refractivity contribution < 1.29 is 15.0 Å². The van der Waals surface area contributed by atoms with E-state index in [4.69, 9.17) is 0 Å². The lowest BCUT2D eigenvalue weighted by Gasteiger charge is -2.26. The minimum absolute atomic E-state index is 0.0260. The van der Waals surface area contributed by atoms with Crippen LogP contribution in [-0.4, -0.2) is 34.1 Å². The van der Waals surface area contributed by atoms with Crippen LogP contribution in [0, 0.1) is 0 Å². The summed E-state index contributed by atoms with van der Waals surface area (Å²) in [4.78, 5) is 13.7. The maximum atomic E-state index is 12.2. The summed E-state index contributed by atoms with van der Waals surface area (Å²) in [5.74, 6) is -0.727. The van der Waals surface area contributed by atoms with Crippen molar-refractivity contribution in [2.24, 2.45) is 0 Å². The SMILES string of the molecule is CCC(CC)N(C)C(=O)c1c(O)cccc1O. The van der Waals surface area contributed by atoms with Gasteiger partial charge in [-0.25, -0.2) is 0 Å². The minimum Gasteiger partial charge on any atom is -0.507 e. The summed E-state index contributed by atoms with van der Waals surface area (Å²) in [5.41, 5.74) is -0.0260. The number of benzene rings is 1. The lowest BCUT2D eigenvalue weighted by Crippen LogP contribution is -2.36. The van der Waals surface area contributed by atoms with Crippen molar-refractivity contribution in [2.75, 3.05) is 7.05 Å². The Balaban J connectivity index is 3.04. The summed E-state index contributed by atoms with van der Waals surface area (Å²) in [6, 6.07) is 4.40. The Bertz CT molecular complexity index is 379. The molecule has 0 radical (unpaired) electrons. The van der Waals surface area contributed by atoms with Gasteiger partial charge in [-0.1, -0.05) is 19.9 Å². The van der Waals surface area contributed by atoms with Crippen LogP contribution in [0.2, 0.25) is 0 Å². The van der Waals surface area contributed by atoms with Gasteiger partial charge >= 0.3 is 0 Å². The number of aromatic hydroxyl groups is 2. The molecule has 0 saturated heterocycles. The fraction of sp³-hybridized carbons (Fsp3) is 0.462. The number of rotatable bonds is 4. The average Bonchev–Trinajstić information content (AvgIpc) is 2.30. The molecule has 94 valence electrons. The van der Waals surface area contributed by atoms with E-state index in [1.165, 1.54) is 18.2 Å². The number of hydrogen-bond donors (Lipinski definition) is 2. The maximum absolute atomic E-state index is 12.2. The van der Waals surface area contributed by atoms with E-state index in [2.05, 4.69) is 0 Å². The van der Waals surface area contributed by atoms with Gasteiger partial charge in [0.1, 0.15) is 17.1 Å². The number of hydrogen-bond acceptors (Lipinski definition) is 3. The van der Waals surface area contributed by atoms with E-state index in [-0.39, 0.29) is 29.0 Å². The molecular formula is C13H19NO3. The molecule has 1 aromatic rings. The topological polar surface area (TPSA) is 60.8 Å². The molecule has 2 N–H and O–H groups in total. The van der Waals surface area contributed by atoms with Gasteiger partial charge in [-0.2, -0.15) is 0 Å². The van der Waals surface area contributed by atoms with Crippen LogP contribution in [0.5, 0.6) is 11.5 Å². The van der Waals surface area contributed by atoms with Crippen LogP contribution < -0.4 is 0 Å². The predicted molar refractivity (Wildman–Crippen MR) is 66.2 cm³/mol. The number of phenolic OH excluding ortho intramolecular Hbond substituents is 2. The molecule has 0 unspecified atom stereocenters. The smallest absolute Gasteiger partial charge is 0.261 e. The molecule has 0 heterocycles. The van der Waals surface area contributed by atoms with Gasteiger partial charge in [0, 0.05) is 13.1 Å². The van der Waals surface area contributed by atoms with Crippen molar-refractivity contribution in [3.63, 3.8) is 0 Å². The van der Waals surface area contributed by atoms with E-state index < -0.39 is 0 Å². The van der Waals surface area contributed by atoms with Gasteiger partial charge in [0.15, 0.2) is 0 Å². The fourth-order valence-corrected chi connectivity index (χ4v) is 1.93. The molecule has 0 spiro atoms. The van der Waals surface area contributed by atoms with E-state index in [0.29, 0.717) is 0 Å². The number of carbonyl (C=O) groups excluding carboxylic acids is 1. The third kappa shape index (κ3) is 2.70. The first kappa shape index (κ1) is 13.4. The molecule has 0 saturated carbocycles. The van der Waals surface area contributed by atoms with Crippen molar-refractivity contribution in [3.8, 4) is 11.5 Å². The highest BCUT2D eigenvalue weighted by Crippen LogP contribution is 2.28. The summed E-state index contributed by atoms with van der Waals surface area (Å²) in [7, 11) is 1.69. The Labute approximate surface area is 101 Å². The second-order valence-electron chi connectivity index (χ2n) is 4.06. The Morgan fingerprint density at radius 3 is 2.12 bits per heavy atom. The summed E-state index contributed by atoms with van der Waals surface area (Å²) >= 11 is 0. The molecule has 0 aliphatic carbocycles. The number of phenols is 2. The Kier molecular flexibility index (Phi) is 4.37. The van der Waals surface area contributed by atoms with E-state index in [1.54, 1.807) is 11.9 Å². The summed E-state index contributed by atoms with van der Waals surface area (Å²) in [6.45, 7) is 4.01. The summed E-state index contributed by atoms with van der Waals surface area (Å²) in [6.07, 6.45) is 1.68. The Morgan fingerprint density at radius 2 is 1.71 bits per heavy atom. The first-order valence-corrected chi connectivity index (χ1v) is 5.81. The molecule has 1 rings (SSSR count). The van der Waals surface area contributed by atoms with E-state index in [9.17, 15) is 15.0 Å². The van der Waals surface area contributed by atoms with Gasteiger partial charge in [-0.3, -0.25) is 4.79 Å². The highest BCUT2D eigenvalue weighted by atomic mass is 16.3. The number of amides is 1. The second kappa shape index (κ2) is 5.57. The third-order valence-electron chi connectivity index (χ3n) is 3.04. The lowest BCUT2D eigenvalue weighted by atomic mass is 10.1. The third-order valence-corrected chi connectivity index (χ3v) is 3.04. The monoisotopic (exact) mass is 237 g/mol. The zero-order chi connectivity index (χ0) is 13.0. The van der Waals surface area contributed by atoms with Crippen molar-refractivity contribution in [3.05, 3.63) is 23.8 Å². The maximum Gasteiger partial charge on any atom is 0.261 e. The molecule has 1 amide bonds. The van der Waals surface area contributed by atoms with E-state index in [0.717, 1.165) is 12.8 Å². The van der Waals surface area contributed by atoms with Crippen molar-refractivity contribution >= 4 is 5.91 Å². The number of carbonyl (C=O) groups is 1.